The van der Waals surface area contributed by atoms with Crippen LogP contribution in [-0.4, -0.2) is 19.1 Å². The van der Waals surface area contributed by atoms with Crippen molar-refractivity contribution in [3.63, 3.8) is 0 Å². The van der Waals surface area contributed by atoms with Crippen LogP contribution >= 0.6 is 0 Å². The summed E-state index contributed by atoms with van der Waals surface area (Å²) in [4.78, 5) is 10.2. The summed E-state index contributed by atoms with van der Waals surface area (Å²) < 4.78 is 11.4. The minimum atomic E-state index is -0.799. The quantitative estimate of drug-likeness (QED) is 0.178. The molecule has 2 aliphatic rings. The maximum absolute atomic E-state index is 9.81. The van der Waals surface area contributed by atoms with Gasteiger partial charge in [-0.25, -0.2) is 0 Å². The molecule has 1 atom stereocenters. The number of nitriles is 2. The molecule has 5 heterocycles. The van der Waals surface area contributed by atoms with Crippen molar-refractivity contribution in [3.8, 4) is 46.4 Å². The summed E-state index contributed by atoms with van der Waals surface area (Å²) in [6, 6.07) is 54.4. The van der Waals surface area contributed by atoms with Crippen molar-refractivity contribution < 1.29 is 4.74 Å². The zero-order chi connectivity index (χ0) is 37.1. The van der Waals surface area contributed by atoms with Gasteiger partial charge < -0.3 is 13.9 Å². The number of aromatic nitrogens is 4. The first-order chi connectivity index (χ1) is 27.7. The summed E-state index contributed by atoms with van der Waals surface area (Å²) >= 11 is 0. The van der Waals surface area contributed by atoms with Gasteiger partial charge in [-0.15, -0.1) is 0 Å². The Labute approximate surface area is 320 Å². The molecule has 0 saturated carbocycles. The minimum Gasteiger partial charge on any atom is -0.457 e. The second kappa shape index (κ2) is 11.0. The van der Waals surface area contributed by atoms with Gasteiger partial charge in [0.05, 0.1) is 74.0 Å². The van der Waals surface area contributed by atoms with Gasteiger partial charge >= 0.3 is 0 Å². The molecule has 7 heteroatoms. The summed E-state index contributed by atoms with van der Waals surface area (Å²) in [6.07, 6.45) is 3.74. The van der Waals surface area contributed by atoms with E-state index in [9.17, 15) is 10.5 Å². The van der Waals surface area contributed by atoms with E-state index in [-0.39, 0.29) is 0 Å². The number of rotatable bonds is 2. The van der Waals surface area contributed by atoms with E-state index in [4.69, 9.17) is 14.7 Å². The van der Waals surface area contributed by atoms with Gasteiger partial charge in [-0.2, -0.15) is 10.5 Å². The highest BCUT2D eigenvalue weighted by molar-refractivity contribution is 6.11. The lowest BCUT2D eigenvalue weighted by molar-refractivity contribution is 0.436. The summed E-state index contributed by atoms with van der Waals surface area (Å²) in [5.41, 5.74) is 12.0. The molecule has 0 amide bonds. The highest BCUT2D eigenvalue weighted by atomic mass is 16.5. The lowest BCUT2D eigenvalue weighted by atomic mass is 9.66. The van der Waals surface area contributed by atoms with Gasteiger partial charge in [0, 0.05) is 56.2 Å². The lowest BCUT2D eigenvalue weighted by Crippen LogP contribution is -2.32. The van der Waals surface area contributed by atoms with Crippen molar-refractivity contribution >= 4 is 43.6 Å². The molecule has 10 aromatic rings. The summed E-state index contributed by atoms with van der Waals surface area (Å²) in [5.74, 6) is 1.54. The fourth-order valence-corrected chi connectivity index (χ4v) is 9.49. The number of nitrogens with zero attached hydrogens (tertiary/aromatic N) is 6. The maximum atomic E-state index is 9.81. The predicted molar refractivity (Wildman–Crippen MR) is 218 cm³/mol. The maximum Gasteiger partial charge on any atom is 0.134 e. The van der Waals surface area contributed by atoms with E-state index in [2.05, 4.69) is 112 Å². The van der Waals surface area contributed by atoms with Gasteiger partial charge in [0.2, 0.25) is 0 Å². The molecule has 1 aliphatic carbocycles. The van der Waals surface area contributed by atoms with Gasteiger partial charge in [-0.3, -0.25) is 9.97 Å². The van der Waals surface area contributed by atoms with E-state index in [1.807, 2.05) is 67.0 Å². The first-order valence-electron chi connectivity index (χ1n) is 18.4. The Kier molecular flexibility index (Phi) is 5.99. The fourth-order valence-electron chi connectivity index (χ4n) is 9.49. The molecular weight excluding hydrogens is 689 g/mol. The van der Waals surface area contributed by atoms with Gasteiger partial charge in [0.15, 0.2) is 0 Å². The summed E-state index contributed by atoms with van der Waals surface area (Å²) in [7, 11) is 0. The first kappa shape index (κ1) is 30.5. The topological polar surface area (TPSA) is 92.5 Å². The fraction of sp³-hybridized carbons (Fsp3) is 0.0204. The normalized spacial score (nSPS) is 15.0. The largest absolute Gasteiger partial charge is 0.457 e. The van der Waals surface area contributed by atoms with E-state index in [1.54, 1.807) is 0 Å². The Morgan fingerprint density at radius 2 is 1.05 bits per heavy atom. The molecule has 4 aromatic heterocycles. The predicted octanol–water partition coefficient (Wildman–Crippen LogP) is 10.9. The molecule has 0 saturated heterocycles. The van der Waals surface area contributed by atoms with Gasteiger partial charge in [-0.1, -0.05) is 66.7 Å². The summed E-state index contributed by atoms with van der Waals surface area (Å²) in [5, 5.41) is 23.8. The van der Waals surface area contributed by atoms with Crippen LogP contribution in [0.2, 0.25) is 0 Å². The average Bonchev–Trinajstić information content (AvgIpc) is 3.87. The van der Waals surface area contributed by atoms with Gasteiger partial charge in [0.1, 0.15) is 11.5 Å². The summed E-state index contributed by atoms with van der Waals surface area (Å²) in [6.45, 7) is 0. The Morgan fingerprint density at radius 1 is 0.464 bits per heavy atom. The number of para-hydroxylation sites is 3. The van der Waals surface area contributed by atoms with E-state index in [1.165, 1.54) is 10.8 Å². The molecule has 0 fully saturated rings. The van der Waals surface area contributed by atoms with Crippen LogP contribution in [0, 0.1) is 22.7 Å². The van der Waals surface area contributed by atoms with E-state index < -0.39 is 5.41 Å². The van der Waals surface area contributed by atoms with E-state index >= 15 is 0 Å². The van der Waals surface area contributed by atoms with Crippen molar-refractivity contribution in [2.24, 2.45) is 0 Å². The number of ether oxygens (including phenoxy) is 1. The molecule has 0 bridgehead atoms. The van der Waals surface area contributed by atoms with Crippen LogP contribution in [0.5, 0.6) is 11.5 Å². The van der Waals surface area contributed by atoms with Crippen molar-refractivity contribution in [1.29, 1.82) is 10.5 Å². The third-order valence-corrected chi connectivity index (χ3v) is 11.7. The van der Waals surface area contributed by atoms with Gasteiger partial charge in [-0.05, 0) is 78.4 Å². The van der Waals surface area contributed by atoms with Crippen LogP contribution in [0.4, 0.5) is 0 Å². The monoisotopic (exact) mass is 714 g/mol. The third kappa shape index (κ3) is 3.83. The number of hydrogen-bond donors (Lipinski definition) is 0. The molecule has 56 heavy (non-hydrogen) atoms. The SMILES string of the molecule is N#Cc1ccc2c(c1)c1cc(C#N)ccc1n2-c1cnc2c(c1)C1(c3ccccc3Oc3cc(-n4c5ccccc5c5ccccc54)ccc31)c1cccnc1-2. The third-order valence-electron chi connectivity index (χ3n) is 11.7. The number of fused-ring (bicyclic) bond motifs is 15. The van der Waals surface area contributed by atoms with Crippen molar-refractivity contribution in [3.05, 3.63) is 191 Å². The molecule has 1 unspecified atom stereocenters. The van der Waals surface area contributed by atoms with Crippen LogP contribution in [0.3, 0.4) is 0 Å². The molecule has 1 aliphatic heterocycles. The zero-order valence-corrected chi connectivity index (χ0v) is 29.6. The van der Waals surface area contributed by atoms with Crippen LogP contribution < -0.4 is 4.74 Å². The van der Waals surface area contributed by atoms with Crippen molar-refractivity contribution in [1.82, 2.24) is 19.1 Å². The Balaban J connectivity index is 1.15. The molecule has 258 valence electrons. The highest BCUT2D eigenvalue weighted by Crippen LogP contribution is 2.61. The standard InChI is InChI=1S/C49H26N6O/c50-26-29-15-19-43-35(22-29)36-23-30(27-51)16-20-44(36)55(43)32-24-40-48(53-28-32)47-39(11-7-21-52-47)49(40)37-10-3-6-14-45(37)56-46-25-31(17-18-38(46)49)54-41-12-4-1-8-33(41)34-9-2-5-13-42(34)54/h1-25,28H. The molecular formula is C49H26N6O. The lowest BCUT2D eigenvalue weighted by Gasteiger charge is -2.39. The highest BCUT2D eigenvalue weighted by Gasteiger charge is 2.52. The second-order valence-corrected chi connectivity index (χ2v) is 14.4. The first-order valence-corrected chi connectivity index (χ1v) is 18.4. The molecule has 0 N–H and O–H groups in total. The molecule has 7 nitrogen and oxygen atoms in total. The Bertz CT molecular complexity index is 3330. The Morgan fingerprint density at radius 3 is 1.77 bits per heavy atom. The number of pyridine rings is 2. The van der Waals surface area contributed by atoms with E-state index in [0.717, 1.165) is 89.4 Å². The van der Waals surface area contributed by atoms with Crippen molar-refractivity contribution in [2.75, 3.05) is 0 Å². The number of benzene rings is 6. The Hall–Kier alpha value is -8.00. The van der Waals surface area contributed by atoms with Crippen LogP contribution in [-0.2, 0) is 5.41 Å². The molecule has 6 aromatic carbocycles. The molecule has 12 rings (SSSR count). The number of hydrogen-bond acceptors (Lipinski definition) is 5. The van der Waals surface area contributed by atoms with E-state index in [0.29, 0.717) is 11.1 Å². The van der Waals surface area contributed by atoms with Crippen LogP contribution in [0.25, 0.3) is 66.4 Å². The van der Waals surface area contributed by atoms with Gasteiger partial charge in [0.25, 0.3) is 0 Å². The van der Waals surface area contributed by atoms with Crippen molar-refractivity contribution in [2.45, 2.75) is 5.41 Å². The zero-order valence-electron chi connectivity index (χ0n) is 29.6. The van der Waals surface area contributed by atoms with Crippen LogP contribution in [0.15, 0.2) is 158 Å². The average molecular weight is 715 g/mol. The van der Waals surface area contributed by atoms with Crippen LogP contribution in [0.1, 0.15) is 33.4 Å². The molecule has 0 radical (unpaired) electrons. The minimum absolute atomic E-state index is 0.558. The molecule has 1 spiro atoms. The second-order valence-electron chi connectivity index (χ2n) is 14.4. The smallest absolute Gasteiger partial charge is 0.134 e.